The molecule has 0 aliphatic rings. The monoisotopic (exact) mass is 351 g/mol. The quantitative estimate of drug-likeness (QED) is 0.813. The summed E-state index contributed by atoms with van der Waals surface area (Å²) in [6.07, 6.45) is 0. The molecule has 20 heavy (non-hydrogen) atoms. The smallest absolute Gasteiger partial charge is 0.119 e. The molecule has 0 atom stereocenters. The van der Waals surface area contributed by atoms with Crippen molar-refractivity contribution in [2.24, 2.45) is 0 Å². The average Bonchev–Trinajstić information content (AvgIpc) is 2.47. The van der Waals surface area contributed by atoms with E-state index >= 15 is 0 Å². The zero-order chi connectivity index (χ0) is 14.4. The Labute approximate surface area is 133 Å². The van der Waals surface area contributed by atoms with Gasteiger partial charge in [-0.05, 0) is 42.4 Å². The van der Waals surface area contributed by atoms with Gasteiger partial charge >= 0.3 is 0 Å². The third-order valence-corrected chi connectivity index (χ3v) is 4.45. The zero-order valence-electron chi connectivity index (χ0n) is 11.7. The van der Waals surface area contributed by atoms with Crippen molar-refractivity contribution in [2.45, 2.75) is 23.3 Å². The van der Waals surface area contributed by atoms with Gasteiger partial charge in [-0.25, -0.2) is 0 Å². The van der Waals surface area contributed by atoms with Crippen LogP contribution in [0.2, 0.25) is 0 Å². The summed E-state index contributed by atoms with van der Waals surface area (Å²) in [4.78, 5) is 2.44. The van der Waals surface area contributed by atoms with Gasteiger partial charge < -0.3 is 10.1 Å². The molecule has 0 bridgehead atoms. The SMILES string of the molecule is CCNCc1ccc(Br)cc1Sc1cccc(OC)c1. The second kappa shape index (κ2) is 7.72. The zero-order valence-corrected chi connectivity index (χ0v) is 14.1. The highest BCUT2D eigenvalue weighted by molar-refractivity contribution is 9.10. The summed E-state index contributed by atoms with van der Waals surface area (Å²) in [6.45, 7) is 3.98. The predicted octanol–water partition coefficient (Wildman–Crippen LogP) is 4.72. The van der Waals surface area contributed by atoms with E-state index in [9.17, 15) is 0 Å². The van der Waals surface area contributed by atoms with E-state index in [0.717, 1.165) is 23.3 Å². The average molecular weight is 352 g/mol. The molecular weight excluding hydrogens is 334 g/mol. The Morgan fingerprint density at radius 1 is 1.20 bits per heavy atom. The van der Waals surface area contributed by atoms with Gasteiger partial charge in [0.1, 0.15) is 5.75 Å². The van der Waals surface area contributed by atoms with Gasteiger partial charge in [-0.2, -0.15) is 0 Å². The summed E-state index contributed by atoms with van der Waals surface area (Å²) in [6, 6.07) is 14.6. The largest absolute Gasteiger partial charge is 0.497 e. The maximum Gasteiger partial charge on any atom is 0.119 e. The van der Waals surface area contributed by atoms with Crippen LogP contribution in [-0.2, 0) is 6.54 Å². The molecule has 106 valence electrons. The lowest BCUT2D eigenvalue weighted by atomic mass is 10.2. The highest BCUT2D eigenvalue weighted by atomic mass is 79.9. The lowest BCUT2D eigenvalue weighted by molar-refractivity contribution is 0.413. The fourth-order valence-electron chi connectivity index (χ4n) is 1.82. The van der Waals surface area contributed by atoms with E-state index in [1.165, 1.54) is 15.4 Å². The maximum absolute atomic E-state index is 5.28. The van der Waals surface area contributed by atoms with Crippen molar-refractivity contribution >= 4 is 27.7 Å². The maximum atomic E-state index is 5.28. The first-order chi connectivity index (χ1) is 9.72. The molecule has 0 radical (unpaired) electrons. The number of nitrogens with one attached hydrogen (secondary N) is 1. The van der Waals surface area contributed by atoms with Crippen LogP contribution >= 0.6 is 27.7 Å². The molecule has 0 heterocycles. The standard InChI is InChI=1S/C16H18BrNOS/c1-3-18-11-12-7-8-13(17)9-16(12)20-15-6-4-5-14(10-15)19-2/h4-10,18H,3,11H2,1-2H3. The first-order valence-corrected chi connectivity index (χ1v) is 8.15. The van der Waals surface area contributed by atoms with E-state index in [2.05, 4.69) is 58.5 Å². The van der Waals surface area contributed by atoms with Crippen molar-refractivity contribution in [1.29, 1.82) is 0 Å². The van der Waals surface area contributed by atoms with Gasteiger partial charge in [0.25, 0.3) is 0 Å². The Bertz CT molecular complexity index is 574. The Morgan fingerprint density at radius 2 is 2.05 bits per heavy atom. The Balaban J connectivity index is 2.24. The van der Waals surface area contributed by atoms with Crippen LogP contribution in [0.5, 0.6) is 5.75 Å². The highest BCUT2D eigenvalue weighted by Gasteiger charge is 2.06. The third-order valence-electron chi connectivity index (χ3n) is 2.86. The molecule has 0 saturated carbocycles. The van der Waals surface area contributed by atoms with Crippen molar-refractivity contribution in [2.75, 3.05) is 13.7 Å². The predicted molar refractivity (Wildman–Crippen MR) is 88.6 cm³/mol. The van der Waals surface area contributed by atoms with E-state index < -0.39 is 0 Å². The van der Waals surface area contributed by atoms with E-state index in [1.807, 2.05) is 12.1 Å². The fraction of sp³-hybridized carbons (Fsp3) is 0.250. The van der Waals surface area contributed by atoms with Crippen LogP contribution in [0.4, 0.5) is 0 Å². The molecule has 2 aromatic rings. The minimum Gasteiger partial charge on any atom is -0.497 e. The Hall–Kier alpha value is -0.970. The summed E-state index contributed by atoms with van der Waals surface area (Å²) in [5.41, 5.74) is 1.31. The van der Waals surface area contributed by atoms with Gasteiger partial charge in [-0.15, -0.1) is 0 Å². The number of ether oxygens (including phenoxy) is 1. The molecule has 4 heteroatoms. The third kappa shape index (κ3) is 4.27. The van der Waals surface area contributed by atoms with Crippen LogP contribution in [0.25, 0.3) is 0 Å². The minimum absolute atomic E-state index is 0.885. The van der Waals surface area contributed by atoms with E-state index in [0.29, 0.717) is 0 Å². The van der Waals surface area contributed by atoms with Gasteiger partial charge in [-0.3, -0.25) is 0 Å². The Morgan fingerprint density at radius 3 is 2.80 bits per heavy atom. The molecule has 2 aromatic carbocycles. The first kappa shape index (κ1) is 15.4. The highest BCUT2D eigenvalue weighted by Crippen LogP contribution is 2.34. The van der Waals surface area contributed by atoms with Gasteiger partial charge in [0.05, 0.1) is 7.11 Å². The molecule has 0 fully saturated rings. The number of methoxy groups -OCH3 is 1. The number of hydrogen-bond donors (Lipinski definition) is 1. The second-order valence-electron chi connectivity index (χ2n) is 4.31. The van der Waals surface area contributed by atoms with Crippen LogP contribution in [0.3, 0.4) is 0 Å². The van der Waals surface area contributed by atoms with E-state index in [4.69, 9.17) is 4.74 Å². The topological polar surface area (TPSA) is 21.3 Å². The van der Waals surface area contributed by atoms with Gasteiger partial charge in [0.15, 0.2) is 0 Å². The normalized spacial score (nSPS) is 10.6. The number of rotatable bonds is 6. The minimum atomic E-state index is 0.885. The molecule has 0 unspecified atom stereocenters. The molecule has 2 nitrogen and oxygen atoms in total. The first-order valence-electron chi connectivity index (χ1n) is 6.54. The number of benzene rings is 2. The molecule has 0 aliphatic carbocycles. The lowest BCUT2D eigenvalue weighted by Crippen LogP contribution is -2.12. The summed E-state index contributed by atoms with van der Waals surface area (Å²) >= 11 is 5.31. The molecule has 0 aliphatic heterocycles. The van der Waals surface area contributed by atoms with Crippen molar-refractivity contribution in [3.05, 3.63) is 52.5 Å². The summed E-state index contributed by atoms with van der Waals surface area (Å²) in [5.74, 6) is 0.887. The molecular formula is C16H18BrNOS. The fourth-order valence-corrected chi connectivity index (χ4v) is 3.37. The van der Waals surface area contributed by atoms with Crippen molar-refractivity contribution < 1.29 is 4.74 Å². The van der Waals surface area contributed by atoms with Crippen molar-refractivity contribution in [1.82, 2.24) is 5.32 Å². The summed E-state index contributed by atoms with van der Waals surface area (Å²) in [5, 5.41) is 3.38. The van der Waals surface area contributed by atoms with Gasteiger partial charge in [0, 0.05) is 20.8 Å². The van der Waals surface area contributed by atoms with Crippen molar-refractivity contribution in [3.63, 3.8) is 0 Å². The van der Waals surface area contributed by atoms with Crippen LogP contribution in [-0.4, -0.2) is 13.7 Å². The molecule has 1 N–H and O–H groups in total. The van der Waals surface area contributed by atoms with Crippen LogP contribution in [0.15, 0.2) is 56.7 Å². The number of halogens is 1. The lowest BCUT2D eigenvalue weighted by Gasteiger charge is -2.11. The Kier molecular flexibility index (Phi) is 5.95. The molecule has 0 aromatic heterocycles. The summed E-state index contributed by atoms with van der Waals surface area (Å²) < 4.78 is 6.38. The van der Waals surface area contributed by atoms with Crippen LogP contribution < -0.4 is 10.1 Å². The van der Waals surface area contributed by atoms with Crippen molar-refractivity contribution in [3.8, 4) is 5.75 Å². The van der Waals surface area contributed by atoms with Crippen LogP contribution in [0.1, 0.15) is 12.5 Å². The second-order valence-corrected chi connectivity index (χ2v) is 6.34. The van der Waals surface area contributed by atoms with Gasteiger partial charge in [-0.1, -0.05) is 46.7 Å². The van der Waals surface area contributed by atoms with Crippen LogP contribution in [0, 0.1) is 0 Å². The molecule has 0 saturated heterocycles. The summed E-state index contributed by atoms with van der Waals surface area (Å²) in [7, 11) is 1.69. The number of hydrogen-bond acceptors (Lipinski definition) is 3. The van der Waals surface area contributed by atoms with E-state index in [1.54, 1.807) is 18.9 Å². The molecule has 0 spiro atoms. The molecule has 2 rings (SSSR count). The van der Waals surface area contributed by atoms with Gasteiger partial charge in [0.2, 0.25) is 0 Å². The molecule has 0 amide bonds. The van der Waals surface area contributed by atoms with E-state index in [-0.39, 0.29) is 0 Å².